The molecule has 2 aliphatic heterocycles. The van der Waals surface area contributed by atoms with E-state index in [1.54, 1.807) is 12.4 Å². The second-order valence-electron chi connectivity index (χ2n) is 8.68. The molecule has 4 rings (SSSR count). The fourth-order valence-electron chi connectivity index (χ4n) is 4.58. The zero-order valence-electron chi connectivity index (χ0n) is 17.9. The van der Waals surface area contributed by atoms with E-state index in [1.165, 1.54) is 11.1 Å². The summed E-state index contributed by atoms with van der Waals surface area (Å²) >= 11 is 0. The average molecular weight is 412 g/mol. The minimum Gasteiger partial charge on any atom is -0.387 e. The Hall–Kier alpha value is -2.06. The molecule has 1 aromatic heterocycles. The van der Waals surface area contributed by atoms with Gasteiger partial charge in [-0.05, 0) is 37.1 Å². The van der Waals surface area contributed by atoms with Gasteiger partial charge in [-0.3, -0.25) is 9.80 Å². The Kier molecular flexibility index (Phi) is 6.94. The van der Waals surface area contributed by atoms with Gasteiger partial charge in [0, 0.05) is 51.7 Å². The summed E-state index contributed by atoms with van der Waals surface area (Å²) in [5.41, 5.74) is 1.87. The molecule has 0 spiro atoms. The quantitative estimate of drug-likeness (QED) is 0.745. The number of morpholine rings is 1. The van der Waals surface area contributed by atoms with Gasteiger partial charge < -0.3 is 14.7 Å². The third-order valence-corrected chi connectivity index (χ3v) is 5.91. The maximum absolute atomic E-state index is 11.3. The lowest BCUT2D eigenvalue weighted by Crippen LogP contribution is -2.54. The highest BCUT2D eigenvalue weighted by Gasteiger charge is 2.35. The lowest BCUT2D eigenvalue weighted by molar-refractivity contribution is -0.00366. The topological polar surface area (TPSA) is 65.0 Å². The normalized spacial score (nSPS) is 23.1. The van der Waals surface area contributed by atoms with Gasteiger partial charge in [-0.25, -0.2) is 9.97 Å². The molecule has 0 amide bonds. The summed E-state index contributed by atoms with van der Waals surface area (Å²) in [7, 11) is 2.09. The fourth-order valence-corrected chi connectivity index (χ4v) is 4.58. The first-order valence-corrected chi connectivity index (χ1v) is 10.9. The number of hydrogen-bond donors (Lipinski definition) is 1. The molecule has 0 unspecified atom stereocenters. The number of likely N-dealkylation sites (N-methyl/N-ethyl adjacent to an activating group) is 1. The largest absolute Gasteiger partial charge is 0.387 e. The van der Waals surface area contributed by atoms with Crippen molar-refractivity contribution >= 4 is 5.95 Å². The zero-order valence-corrected chi connectivity index (χ0v) is 17.9. The fraction of sp³-hybridized carbons (Fsp3) is 0.565. The molecule has 30 heavy (non-hydrogen) atoms. The van der Waals surface area contributed by atoms with Crippen LogP contribution in [0.4, 0.5) is 5.95 Å². The molecule has 0 aliphatic carbocycles. The maximum Gasteiger partial charge on any atom is 0.225 e. The summed E-state index contributed by atoms with van der Waals surface area (Å²) in [5, 5.41) is 11.3. The molecule has 3 heterocycles. The van der Waals surface area contributed by atoms with E-state index >= 15 is 0 Å². The highest BCUT2D eigenvalue weighted by atomic mass is 16.5. The van der Waals surface area contributed by atoms with Crippen LogP contribution in [0.3, 0.4) is 0 Å². The first kappa shape index (κ1) is 21.2. The Morgan fingerprint density at radius 3 is 2.67 bits per heavy atom. The summed E-state index contributed by atoms with van der Waals surface area (Å²) in [5.74, 6) is 0.703. The van der Waals surface area contributed by atoms with Crippen LogP contribution in [0.25, 0.3) is 0 Å². The van der Waals surface area contributed by atoms with Crippen LogP contribution in [-0.2, 0) is 17.8 Å². The van der Waals surface area contributed by atoms with Crippen molar-refractivity contribution in [2.24, 2.45) is 0 Å². The molecule has 1 aromatic carbocycles. The highest BCUT2D eigenvalue weighted by Crippen LogP contribution is 2.25. The van der Waals surface area contributed by atoms with Crippen LogP contribution in [0.15, 0.2) is 42.7 Å². The zero-order chi connectivity index (χ0) is 20.8. The van der Waals surface area contributed by atoms with Gasteiger partial charge in [0.2, 0.25) is 5.95 Å². The molecule has 2 aliphatic rings. The van der Waals surface area contributed by atoms with Gasteiger partial charge in [0.25, 0.3) is 0 Å². The smallest absolute Gasteiger partial charge is 0.225 e. The van der Waals surface area contributed by atoms with Gasteiger partial charge in [-0.1, -0.05) is 24.3 Å². The predicted octanol–water partition coefficient (Wildman–Crippen LogP) is 1.77. The molecule has 2 aromatic rings. The Balaban J connectivity index is 1.33. The number of benzene rings is 1. The lowest BCUT2D eigenvalue weighted by Gasteiger charge is -2.41. The van der Waals surface area contributed by atoms with Gasteiger partial charge in [0.05, 0.1) is 25.4 Å². The van der Waals surface area contributed by atoms with Crippen molar-refractivity contribution in [3.63, 3.8) is 0 Å². The van der Waals surface area contributed by atoms with Crippen LogP contribution in [0.5, 0.6) is 0 Å². The van der Waals surface area contributed by atoms with E-state index in [0.29, 0.717) is 19.0 Å². The van der Waals surface area contributed by atoms with Gasteiger partial charge in [0.15, 0.2) is 0 Å². The monoisotopic (exact) mass is 411 g/mol. The molecule has 1 N–H and O–H groups in total. The Morgan fingerprint density at radius 1 is 1.10 bits per heavy atom. The van der Waals surface area contributed by atoms with Crippen LogP contribution in [0.2, 0.25) is 0 Å². The van der Waals surface area contributed by atoms with Crippen LogP contribution in [-0.4, -0.2) is 83.5 Å². The van der Waals surface area contributed by atoms with Crippen LogP contribution >= 0.6 is 0 Å². The van der Waals surface area contributed by atoms with E-state index in [2.05, 4.69) is 56.0 Å². The number of rotatable bonds is 7. The maximum atomic E-state index is 11.3. The summed E-state index contributed by atoms with van der Waals surface area (Å²) in [6, 6.07) is 10.6. The predicted molar refractivity (Wildman–Crippen MR) is 117 cm³/mol. The number of hydrogen-bond acceptors (Lipinski definition) is 7. The minimum absolute atomic E-state index is 0.568. The van der Waals surface area contributed by atoms with E-state index in [1.807, 2.05) is 6.07 Å². The first-order chi connectivity index (χ1) is 14.6. The van der Waals surface area contributed by atoms with E-state index < -0.39 is 5.60 Å². The number of β-amino-alcohol motifs (C(OH)–C–C–N with tert-alkyl or cyclic N) is 1. The van der Waals surface area contributed by atoms with Gasteiger partial charge in [0.1, 0.15) is 0 Å². The second kappa shape index (κ2) is 9.83. The van der Waals surface area contributed by atoms with Crippen molar-refractivity contribution in [1.82, 2.24) is 19.8 Å². The summed E-state index contributed by atoms with van der Waals surface area (Å²) in [4.78, 5) is 15.5. The SMILES string of the molecule is CN(Cc1cccc(CN2CCOCC2)c1)C[C@]1(O)CCCN(c2ncccn2)C1. The summed E-state index contributed by atoms with van der Waals surface area (Å²) < 4.78 is 5.45. The summed E-state index contributed by atoms with van der Waals surface area (Å²) in [6.45, 7) is 7.52. The molecular formula is C23H33N5O2. The van der Waals surface area contributed by atoms with Crippen LogP contribution in [0, 0.1) is 0 Å². The van der Waals surface area contributed by atoms with Gasteiger partial charge in [-0.2, -0.15) is 0 Å². The van der Waals surface area contributed by atoms with Gasteiger partial charge >= 0.3 is 0 Å². The standard InChI is InChI=1S/C23H33N5O2/c1-26(16-20-5-2-6-21(15-20)17-27-11-13-30-14-12-27)18-23(29)7-3-10-28(19-23)22-24-8-4-9-25-22/h2,4-6,8-9,15,29H,3,7,10-14,16-19H2,1H3/t23-/m1/s1. The van der Waals surface area contributed by atoms with Crippen molar-refractivity contribution in [2.75, 3.05) is 57.9 Å². The minimum atomic E-state index is -0.752. The number of aromatic nitrogens is 2. The summed E-state index contributed by atoms with van der Waals surface area (Å²) in [6.07, 6.45) is 5.26. The molecule has 0 radical (unpaired) electrons. The molecule has 2 fully saturated rings. The Morgan fingerprint density at radius 2 is 1.87 bits per heavy atom. The molecule has 2 saturated heterocycles. The number of aliphatic hydroxyl groups is 1. The third-order valence-electron chi connectivity index (χ3n) is 5.91. The van der Waals surface area contributed by atoms with E-state index in [9.17, 15) is 5.11 Å². The Labute approximate surface area is 179 Å². The van der Waals surface area contributed by atoms with E-state index in [-0.39, 0.29) is 0 Å². The molecular weight excluding hydrogens is 378 g/mol. The highest BCUT2D eigenvalue weighted by molar-refractivity contribution is 5.30. The Bertz CT molecular complexity index is 799. The van der Waals surface area contributed by atoms with Gasteiger partial charge in [-0.15, -0.1) is 0 Å². The van der Waals surface area contributed by atoms with E-state index in [0.717, 1.165) is 58.8 Å². The number of nitrogens with zero attached hydrogens (tertiary/aromatic N) is 5. The average Bonchev–Trinajstić information content (AvgIpc) is 2.75. The molecule has 162 valence electrons. The molecule has 1 atom stereocenters. The second-order valence-corrected chi connectivity index (χ2v) is 8.68. The van der Waals surface area contributed by atoms with Crippen molar-refractivity contribution in [3.05, 3.63) is 53.9 Å². The van der Waals surface area contributed by atoms with Crippen LogP contribution in [0.1, 0.15) is 24.0 Å². The first-order valence-electron chi connectivity index (χ1n) is 10.9. The number of ether oxygens (including phenoxy) is 1. The lowest BCUT2D eigenvalue weighted by atomic mass is 9.92. The number of piperidine rings is 1. The third kappa shape index (κ3) is 5.76. The van der Waals surface area contributed by atoms with Crippen molar-refractivity contribution in [3.8, 4) is 0 Å². The number of anilines is 1. The van der Waals surface area contributed by atoms with E-state index in [4.69, 9.17) is 4.74 Å². The molecule has 0 bridgehead atoms. The van der Waals surface area contributed by atoms with Crippen molar-refractivity contribution < 1.29 is 9.84 Å². The van der Waals surface area contributed by atoms with Crippen LogP contribution < -0.4 is 4.90 Å². The molecule has 7 heteroatoms. The van der Waals surface area contributed by atoms with Crippen molar-refractivity contribution in [1.29, 1.82) is 0 Å². The molecule has 0 saturated carbocycles. The van der Waals surface area contributed by atoms with Crippen molar-refractivity contribution in [2.45, 2.75) is 31.5 Å². The molecule has 7 nitrogen and oxygen atoms in total.